The predicted molar refractivity (Wildman–Crippen MR) is 86.3 cm³/mol. The molecule has 0 heterocycles. The summed E-state index contributed by atoms with van der Waals surface area (Å²) < 4.78 is 28.0. The maximum absolute atomic E-state index is 11.8. The van der Waals surface area contributed by atoms with Crippen molar-refractivity contribution in [3.05, 3.63) is 35.4 Å². The van der Waals surface area contributed by atoms with Crippen LogP contribution < -0.4 is 10.6 Å². The summed E-state index contributed by atoms with van der Waals surface area (Å²) in [6.45, 7) is 1.00. The van der Waals surface area contributed by atoms with Crippen molar-refractivity contribution in [1.82, 2.24) is 10.6 Å². The zero-order valence-electron chi connectivity index (χ0n) is 13.3. The van der Waals surface area contributed by atoms with E-state index in [-0.39, 0.29) is 11.7 Å². The second-order valence-electron chi connectivity index (χ2n) is 5.06. The number of ether oxygens (including phenoxy) is 1. The number of amides is 1. The number of hydrogen-bond donors (Lipinski definition) is 2. The monoisotopic (exact) mass is 342 g/mol. The van der Waals surface area contributed by atoms with Gasteiger partial charge in [-0.25, -0.2) is 8.42 Å². The Bertz CT molecular complexity index is 626. The fraction of sp³-hybridized carbons (Fsp3) is 0.467. The molecule has 0 aliphatic rings. The van der Waals surface area contributed by atoms with Crippen LogP contribution in [0.4, 0.5) is 0 Å². The number of hydrogen-bond acceptors (Lipinski definition) is 6. The third-order valence-corrected chi connectivity index (χ3v) is 4.52. The summed E-state index contributed by atoms with van der Waals surface area (Å²) in [6, 6.07) is 6.84. The normalized spacial score (nSPS) is 11.0. The first-order valence-electron chi connectivity index (χ1n) is 7.12. The highest BCUT2D eigenvalue weighted by molar-refractivity contribution is 7.91. The summed E-state index contributed by atoms with van der Waals surface area (Å²) in [5.41, 5.74) is 1.45. The van der Waals surface area contributed by atoms with E-state index >= 15 is 0 Å². The topological polar surface area (TPSA) is 102 Å². The van der Waals surface area contributed by atoms with E-state index in [1.165, 1.54) is 0 Å². The highest BCUT2D eigenvalue weighted by atomic mass is 32.2. The molecule has 2 N–H and O–H groups in total. The Morgan fingerprint density at radius 1 is 1.13 bits per heavy atom. The van der Waals surface area contributed by atoms with E-state index in [1.54, 1.807) is 31.3 Å². The Kier molecular flexibility index (Phi) is 7.70. The first kappa shape index (κ1) is 19.1. The number of benzene rings is 1. The van der Waals surface area contributed by atoms with Gasteiger partial charge in [-0.3, -0.25) is 9.59 Å². The van der Waals surface area contributed by atoms with Crippen molar-refractivity contribution in [2.45, 2.75) is 18.7 Å². The molecule has 0 radical (unpaired) electrons. The molecule has 23 heavy (non-hydrogen) atoms. The van der Waals surface area contributed by atoms with E-state index in [1.807, 2.05) is 0 Å². The lowest BCUT2D eigenvalue weighted by molar-refractivity contribution is -0.137. The molecule has 128 valence electrons. The van der Waals surface area contributed by atoms with Gasteiger partial charge in [-0.2, -0.15) is 0 Å². The van der Waals surface area contributed by atoms with Crippen molar-refractivity contribution in [2.24, 2.45) is 0 Å². The van der Waals surface area contributed by atoms with Crippen LogP contribution in [0.3, 0.4) is 0 Å². The summed E-state index contributed by atoms with van der Waals surface area (Å²) >= 11 is 0. The molecule has 0 unspecified atom stereocenters. The van der Waals surface area contributed by atoms with Gasteiger partial charge in [0.2, 0.25) is 5.91 Å². The van der Waals surface area contributed by atoms with Gasteiger partial charge in [-0.05, 0) is 18.2 Å². The minimum Gasteiger partial charge on any atom is -0.468 e. The van der Waals surface area contributed by atoms with Crippen LogP contribution in [0.2, 0.25) is 0 Å². The highest BCUT2D eigenvalue weighted by Crippen LogP contribution is 2.09. The average molecular weight is 342 g/mol. The largest absolute Gasteiger partial charge is 0.468 e. The molecule has 1 aromatic carbocycles. The van der Waals surface area contributed by atoms with Crippen LogP contribution in [-0.2, 0) is 36.5 Å². The minimum absolute atomic E-state index is 0.0518. The van der Waals surface area contributed by atoms with E-state index < -0.39 is 21.6 Å². The smallest absolute Gasteiger partial charge is 0.320 e. The van der Waals surface area contributed by atoms with Gasteiger partial charge in [0.15, 0.2) is 9.84 Å². The Hall–Kier alpha value is -1.93. The van der Waals surface area contributed by atoms with E-state index in [0.29, 0.717) is 25.1 Å². The number of esters is 1. The van der Waals surface area contributed by atoms with Crippen molar-refractivity contribution in [3.8, 4) is 0 Å². The maximum atomic E-state index is 11.8. The van der Waals surface area contributed by atoms with E-state index in [9.17, 15) is 18.0 Å². The molecule has 0 bridgehead atoms. The van der Waals surface area contributed by atoms with Gasteiger partial charge in [-0.15, -0.1) is 0 Å². The molecule has 1 aromatic rings. The van der Waals surface area contributed by atoms with Crippen molar-refractivity contribution < 1.29 is 22.7 Å². The summed E-state index contributed by atoms with van der Waals surface area (Å²) in [5.74, 6) is -1.68. The van der Waals surface area contributed by atoms with Crippen LogP contribution in [-0.4, -0.2) is 46.7 Å². The quantitative estimate of drug-likeness (QED) is 0.613. The first-order valence-corrected chi connectivity index (χ1v) is 8.95. The SMILES string of the molecule is CNCCC(=O)NCc1ccc(CS(=O)(=O)CC(=O)OC)cc1. The van der Waals surface area contributed by atoms with Gasteiger partial charge in [0, 0.05) is 19.5 Å². The molecule has 0 aliphatic carbocycles. The van der Waals surface area contributed by atoms with Crippen LogP contribution in [0, 0.1) is 0 Å². The number of methoxy groups -OCH3 is 1. The lowest BCUT2D eigenvalue weighted by Crippen LogP contribution is -2.26. The van der Waals surface area contributed by atoms with Crippen molar-refractivity contribution in [2.75, 3.05) is 26.5 Å². The molecule has 0 aliphatic heterocycles. The van der Waals surface area contributed by atoms with Crippen molar-refractivity contribution in [1.29, 1.82) is 0 Å². The molecule has 0 aromatic heterocycles. The molecule has 0 fully saturated rings. The van der Waals surface area contributed by atoms with Crippen molar-refractivity contribution in [3.63, 3.8) is 0 Å². The standard InChI is InChI=1S/C15H22N2O5S/c1-16-8-7-14(18)17-9-12-3-5-13(6-4-12)10-23(20,21)11-15(19)22-2/h3-6,16H,7-11H2,1-2H3,(H,17,18). The Labute approximate surface area is 136 Å². The molecular formula is C15H22N2O5S. The molecular weight excluding hydrogens is 320 g/mol. The molecule has 1 amide bonds. The number of nitrogens with one attached hydrogen (secondary N) is 2. The first-order chi connectivity index (χ1) is 10.9. The molecule has 0 atom stereocenters. The van der Waals surface area contributed by atoms with Crippen LogP contribution in [0.5, 0.6) is 0 Å². The van der Waals surface area contributed by atoms with Crippen molar-refractivity contribution >= 4 is 21.7 Å². The Balaban J connectivity index is 2.53. The minimum atomic E-state index is -3.55. The second-order valence-corrected chi connectivity index (χ2v) is 7.12. The van der Waals surface area contributed by atoms with Crippen LogP contribution in [0.15, 0.2) is 24.3 Å². The van der Waals surface area contributed by atoms with Gasteiger partial charge < -0.3 is 15.4 Å². The third-order valence-electron chi connectivity index (χ3n) is 3.07. The van der Waals surface area contributed by atoms with Gasteiger partial charge in [0.1, 0.15) is 5.75 Å². The highest BCUT2D eigenvalue weighted by Gasteiger charge is 2.17. The molecule has 0 saturated carbocycles. The Morgan fingerprint density at radius 3 is 2.30 bits per heavy atom. The number of rotatable bonds is 9. The lowest BCUT2D eigenvalue weighted by Gasteiger charge is -2.07. The lowest BCUT2D eigenvalue weighted by atomic mass is 10.1. The van der Waals surface area contributed by atoms with E-state index in [2.05, 4.69) is 15.4 Å². The molecule has 1 rings (SSSR count). The fourth-order valence-corrected chi connectivity index (χ4v) is 3.10. The second kappa shape index (κ2) is 9.26. The van der Waals surface area contributed by atoms with Crippen LogP contribution in [0.1, 0.15) is 17.5 Å². The molecule has 7 nitrogen and oxygen atoms in total. The average Bonchev–Trinajstić information content (AvgIpc) is 2.51. The zero-order chi connectivity index (χ0) is 17.3. The van der Waals surface area contributed by atoms with E-state index in [0.717, 1.165) is 12.7 Å². The summed E-state index contributed by atoms with van der Waals surface area (Å²) in [6.07, 6.45) is 0.403. The van der Waals surface area contributed by atoms with Gasteiger partial charge in [0.25, 0.3) is 0 Å². The van der Waals surface area contributed by atoms with Gasteiger partial charge in [0.05, 0.1) is 12.9 Å². The molecule has 0 spiro atoms. The summed E-state index contributed by atoms with van der Waals surface area (Å²) in [7, 11) is -0.618. The number of carbonyl (C=O) groups is 2. The Morgan fingerprint density at radius 2 is 1.74 bits per heavy atom. The molecule has 8 heteroatoms. The third kappa shape index (κ3) is 7.75. The van der Waals surface area contributed by atoms with E-state index in [4.69, 9.17) is 0 Å². The maximum Gasteiger partial charge on any atom is 0.320 e. The fourth-order valence-electron chi connectivity index (χ4n) is 1.82. The summed E-state index contributed by atoms with van der Waals surface area (Å²) in [5, 5.41) is 5.67. The zero-order valence-corrected chi connectivity index (χ0v) is 14.1. The van der Waals surface area contributed by atoms with Gasteiger partial charge >= 0.3 is 5.97 Å². The van der Waals surface area contributed by atoms with Gasteiger partial charge in [-0.1, -0.05) is 24.3 Å². The van der Waals surface area contributed by atoms with Crippen LogP contribution in [0.25, 0.3) is 0 Å². The number of carbonyl (C=O) groups excluding carboxylic acids is 2. The number of sulfone groups is 1. The summed E-state index contributed by atoms with van der Waals surface area (Å²) in [4.78, 5) is 22.5. The van der Waals surface area contributed by atoms with Crippen LogP contribution >= 0.6 is 0 Å². The molecule has 0 saturated heterocycles. The predicted octanol–water partition coefficient (Wildman–Crippen LogP) is 0.000100.